The van der Waals surface area contributed by atoms with Crippen LogP contribution in [0.4, 0.5) is 0 Å². The van der Waals surface area contributed by atoms with Gasteiger partial charge in [-0.15, -0.1) is 0 Å². The van der Waals surface area contributed by atoms with E-state index >= 15 is 0 Å². The third-order valence-corrected chi connectivity index (χ3v) is 5.24. The van der Waals surface area contributed by atoms with Crippen LogP contribution in [0.2, 0.25) is 0 Å². The summed E-state index contributed by atoms with van der Waals surface area (Å²) >= 11 is 0. The van der Waals surface area contributed by atoms with E-state index in [0.29, 0.717) is 23.2 Å². The number of carbonyl (C=O) groups is 1. The summed E-state index contributed by atoms with van der Waals surface area (Å²) in [5, 5.41) is 9.01. The minimum Gasteiger partial charge on any atom is -0.330 e. The molecule has 1 saturated carbocycles. The maximum atomic E-state index is 12.9. The number of likely N-dealkylation sites (tertiary alicyclic amines) is 1. The normalized spacial score (nSPS) is 27.7. The predicted octanol–water partition coefficient (Wildman–Crippen LogP) is 2.26. The Labute approximate surface area is 131 Å². The average Bonchev–Trinajstić information content (AvgIpc) is 3.31. The summed E-state index contributed by atoms with van der Waals surface area (Å²) in [7, 11) is 0. The van der Waals surface area contributed by atoms with E-state index in [0.717, 1.165) is 31.8 Å². The van der Waals surface area contributed by atoms with Gasteiger partial charge in [0.2, 0.25) is 0 Å². The number of nitrogens with zero attached hydrogens (tertiary/aromatic N) is 3. The molecule has 2 unspecified atom stereocenters. The molecule has 1 aliphatic carbocycles. The summed E-state index contributed by atoms with van der Waals surface area (Å²) in [4.78, 5) is 17.5. The predicted molar refractivity (Wildman–Crippen MR) is 83.3 cm³/mol. The van der Waals surface area contributed by atoms with Crippen LogP contribution in [0.3, 0.4) is 0 Å². The number of piperazine rings is 1. The molecule has 2 aliphatic heterocycles. The lowest BCUT2D eigenvalue weighted by molar-refractivity contribution is 0.0412. The standard InChI is InChI=1S/C18H21N3O/c19-9-14-2-1-3-15(8-14)18(22)21-16-6-7-17(21)12-20(11-16)10-13-4-5-13/h1-3,8,13,16-17H,4-7,10-12H2. The highest BCUT2D eigenvalue weighted by atomic mass is 16.2. The lowest BCUT2D eigenvalue weighted by Gasteiger charge is -2.41. The van der Waals surface area contributed by atoms with Crippen molar-refractivity contribution in [1.29, 1.82) is 5.26 Å². The molecule has 0 aromatic heterocycles. The number of amides is 1. The van der Waals surface area contributed by atoms with E-state index in [9.17, 15) is 4.79 Å². The third kappa shape index (κ3) is 2.50. The third-order valence-electron chi connectivity index (χ3n) is 5.24. The van der Waals surface area contributed by atoms with Gasteiger partial charge in [0, 0.05) is 37.3 Å². The van der Waals surface area contributed by atoms with Gasteiger partial charge < -0.3 is 4.90 Å². The van der Waals surface area contributed by atoms with Crippen LogP contribution in [0.1, 0.15) is 41.6 Å². The molecule has 2 atom stereocenters. The number of hydrogen-bond acceptors (Lipinski definition) is 3. The van der Waals surface area contributed by atoms with E-state index in [4.69, 9.17) is 5.26 Å². The Bertz CT molecular complexity index is 617. The van der Waals surface area contributed by atoms with E-state index in [1.807, 2.05) is 6.07 Å². The van der Waals surface area contributed by atoms with Crippen molar-refractivity contribution in [2.24, 2.45) is 5.92 Å². The summed E-state index contributed by atoms with van der Waals surface area (Å²) in [6, 6.07) is 9.94. The first-order valence-electron chi connectivity index (χ1n) is 8.30. The first kappa shape index (κ1) is 13.8. The molecule has 22 heavy (non-hydrogen) atoms. The van der Waals surface area contributed by atoms with Gasteiger partial charge in [-0.3, -0.25) is 9.69 Å². The maximum Gasteiger partial charge on any atom is 0.254 e. The van der Waals surface area contributed by atoms with Crippen molar-refractivity contribution in [3.63, 3.8) is 0 Å². The largest absolute Gasteiger partial charge is 0.330 e. The molecule has 0 radical (unpaired) electrons. The van der Waals surface area contributed by atoms with Crippen LogP contribution in [-0.2, 0) is 0 Å². The summed E-state index contributed by atoms with van der Waals surface area (Å²) < 4.78 is 0. The summed E-state index contributed by atoms with van der Waals surface area (Å²) in [5.74, 6) is 1.02. The van der Waals surface area contributed by atoms with Crippen molar-refractivity contribution in [3.05, 3.63) is 35.4 Å². The minimum atomic E-state index is 0.107. The molecule has 2 saturated heterocycles. The molecule has 0 spiro atoms. The number of hydrogen-bond donors (Lipinski definition) is 0. The number of carbonyl (C=O) groups excluding carboxylic acids is 1. The van der Waals surface area contributed by atoms with Gasteiger partial charge in [-0.25, -0.2) is 0 Å². The molecule has 4 heteroatoms. The molecule has 1 aromatic carbocycles. The maximum absolute atomic E-state index is 12.9. The zero-order valence-electron chi connectivity index (χ0n) is 12.7. The smallest absolute Gasteiger partial charge is 0.254 e. The Kier molecular flexibility index (Phi) is 3.38. The highest BCUT2D eigenvalue weighted by molar-refractivity contribution is 5.95. The SMILES string of the molecule is N#Cc1cccc(C(=O)N2C3CCC2CN(CC2CC2)C3)c1. The van der Waals surface area contributed by atoms with Crippen molar-refractivity contribution in [3.8, 4) is 6.07 Å². The van der Waals surface area contributed by atoms with E-state index in [-0.39, 0.29) is 5.91 Å². The Hall–Kier alpha value is -1.86. The first-order valence-corrected chi connectivity index (χ1v) is 8.30. The van der Waals surface area contributed by atoms with Crippen molar-refractivity contribution in [1.82, 2.24) is 9.80 Å². The molecular formula is C18H21N3O. The van der Waals surface area contributed by atoms with Crippen LogP contribution in [0.15, 0.2) is 24.3 Å². The van der Waals surface area contributed by atoms with E-state index in [1.54, 1.807) is 18.2 Å². The van der Waals surface area contributed by atoms with Crippen LogP contribution < -0.4 is 0 Å². The van der Waals surface area contributed by atoms with Gasteiger partial charge >= 0.3 is 0 Å². The quantitative estimate of drug-likeness (QED) is 0.859. The van der Waals surface area contributed by atoms with Crippen LogP contribution in [0.25, 0.3) is 0 Å². The second-order valence-electron chi connectivity index (χ2n) is 6.95. The fourth-order valence-corrected chi connectivity index (χ4v) is 4.01. The van der Waals surface area contributed by atoms with Crippen LogP contribution in [0.5, 0.6) is 0 Å². The molecule has 4 rings (SSSR count). The molecule has 3 aliphatic rings. The van der Waals surface area contributed by atoms with E-state index < -0.39 is 0 Å². The molecule has 2 bridgehead atoms. The first-order chi connectivity index (χ1) is 10.7. The van der Waals surface area contributed by atoms with Crippen LogP contribution in [0, 0.1) is 17.2 Å². The summed E-state index contributed by atoms with van der Waals surface area (Å²) in [6.07, 6.45) is 5.01. The van der Waals surface area contributed by atoms with E-state index in [1.165, 1.54) is 19.4 Å². The average molecular weight is 295 g/mol. The van der Waals surface area contributed by atoms with Gasteiger partial charge in [0.1, 0.15) is 0 Å². The van der Waals surface area contributed by atoms with Gasteiger partial charge in [-0.1, -0.05) is 6.07 Å². The molecule has 1 amide bonds. The number of rotatable bonds is 3. The fourth-order valence-electron chi connectivity index (χ4n) is 4.01. The summed E-state index contributed by atoms with van der Waals surface area (Å²) in [5.41, 5.74) is 1.22. The van der Waals surface area contributed by atoms with Crippen molar-refractivity contribution >= 4 is 5.91 Å². The molecule has 0 N–H and O–H groups in total. The number of nitriles is 1. The van der Waals surface area contributed by atoms with Gasteiger partial charge in [-0.05, 0) is 49.8 Å². The molecule has 1 aromatic rings. The van der Waals surface area contributed by atoms with Gasteiger partial charge in [0.15, 0.2) is 0 Å². The monoisotopic (exact) mass is 295 g/mol. The van der Waals surface area contributed by atoms with Crippen molar-refractivity contribution in [2.75, 3.05) is 19.6 Å². The molecule has 4 nitrogen and oxygen atoms in total. The number of benzene rings is 1. The Balaban J connectivity index is 1.50. The van der Waals surface area contributed by atoms with Crippen molar-refractivity contribution in [2.45, 2.75) is 37.8 Å². The Morgan fingerprint density at radius 1 is 1.18 bits per heavy atom. The molecule has 2 heterocycles. The summed E-state index contributed by atoms with van der Waals surface area (Å²) in [6.45, 7) is 3.27. The lowest BCUT2D eigenvalue weighted by atomic mass is 10.1. The van der Waals surface area contributed by atoms with Crippen LogP contribution in [-0.4, -0.2) is 47.4 Å². The molecule has 114 valence electrons. The second kappa shape index (κ2) is 5.40. The number of fused-ring (bicyclic) bond motifs is 2. The van der Waals surface area contributed by atoms with Gasteiger partial charge in [0.25, 0.3) is 5.91 Å². The van der Waals surface area contributed by atoms with Crippen molar-refractivity contribution < 1.29 is 4.79 Å². The van der Waals surface area contributed by atoms with Crippen LogP contribution >= 0.6 is 0 Å². The topological polar surface area (TPSA) is 47.3 Å². The molecular weight excluding hydrogens is 274 g/mol. The zero-order valence-corrected chi connectivity index (χ0v) is 12.7. The molecule has 3 fully saturated rings. The highest BCUT2D eigenvalue weighted by Gasteiger charge is 2.43. The highest BCUT2D eigenvalue weighted by Crippen LogP contribution is 2.35. The Morgan fingerprint density at radius 3 is 2.55 bits per heavy atom. The minimum absolute atomic E-state index is 0.107. The van der Waals surface area contributed by atoms with E-state index in [2.05, 4.69) is 15.9 Å². The van der Waals surface area contributed by atoms with Gasteiger partial charge in [-0.2, -0.15) is 5.26 Å². The lowest BCUT2D eigenvalue weighted by Crippen LogP contribution is -2.56. The Morgan fingerprint density at radius 2 is 1.91 bits per heavy atom. The second-order valence-corrected chi connectivity index (χ2v) is 6.95. The zero-order chi connectivity index (χ0) is 15.1. The van der Waals surface area contributed by atoms with Gasteiger partial charge in [0.05, 0.1) is 11.6 Å². The fraction of sp³-hybridized carbons (Fsp3) is 0.556.